The molecule has 2 rings (SSSR count). The molecule has 4 nitrogen and oxygen atoms in total. The van der Waals surface area contributed by atoms with E-state index in [1.807, 2.05) is 41.3 Å². The molecule has 0 saturated heterocycles. The third-order valence-electron chi connectivity index (χ3n) is 2.98. The Balaban J connectivity index is 2.42. The molecule has 0 aliphatic heterocycles. The van der Waals surface area contributed by atoms with Gasteiger partial charge in [0.1, 0.15) is 5.75 Å². The van der Waals surface area contributed by atoms with Crippen molar-refractivity contribution >= 4 is 11.4 Å². The number of para-hydroxylation sites is 2. The van der Waals surface area contributed by atoms with E-state index < -0.39 is 0 Å². The monoisotopic (exact) mass is 257 g/mol. The van der Waals surface area contributed by atoms with E-state index in [0.717, 1.165) is 16.9 Å². The summed E-state index contributed by atoms with van der Waals surface area (Å²) < 4.78 is 0. The number of nitrogens with zero attached hydrogens (tertiary/aromatic N) is 1. The Morgan fingerprint density at radius 2 is 1.79 bits per heavy atom. The van der Waals surface area contributed by atoms with Gasteiger partial charge in [-0.2, -0.15) is 0 Å². The normalized spacial score (nSPS) is 10.4. The van der Waals surface area contributed by atoms with Crippen molar-refractivity contribution in [3.63, 3.8) is 0 Å². The first-order chi connectivity index (χ1) is 9.26. The topological polar surface area (TPSA) is 75.5 Å². The Labute approximate surface area is 113 Å². The Morgan fingerprint density at radius 1 is 1.00 bits per heavy atom. The highest BCUT2D eigenvalue weighted by Crippen LogP contribution is 2.32. The summed E-state index contributed by atoms with van der Waals surface area (Å²) in [4.78, 5) is 1.99. The average molecular weight is 257 g/mol. The minimum Gasteiger partial charge on any atom is -0.506 e. The lowest BCUT2D eigenvalue weighted by atomic mass is 10.1. The number of benzene rings is 2. The Morgan fingerprint density at radius 3 is 2.47 bits per heavy atom. The van der Waals surface area contributed by atoms with E-state index in [1.165, 1.54) is 0 Å². The molecule has 0 spiro atoms. The van der Waals surface area contributed by atoms with Gasteiger partial charge in [0.05, 0.1) is 5.69 Å². The van der Waals surface area contributed by atoms with Crippen LogP contribution >= 0.6 is 0 Å². The Kier molecular flexibility index (Phi) is 4.39. The predicted molar refractivity (Wildman–Crippen MR) is 78.5 cm³/mol. The molecule has 0 heterocycles. The molecule has 2 aromatic rings. The number of hydrogen-bond acceptors (Lipinski definition) is 4. The molecule has 0 saturated carbocycles. The lowest BCUT2D eigenvalue weighted by Crippen LogP contribution is -2.25. The van der Waals surface area contributed by atoms with Crippen LogP contribution in [0.3, 0.4) is 0 Å². The fraction of sp³-hybridized carbons (Fsp3) is 0.200. The second-order valence-corrected chi connectivity index (χ2v) is 4.30. The second kappa shape index (κ2) is 6.22. The Bertz CT molecular complexity index is 542. The van der Waals surface area contributed by atoms with Crippen LogP contribution in [0.25, 0.3) is 0 Å². The first kappa shape index (κ1) is 13.4. The molecule has 0 aliphatic carbocycles. The minimum atomic E-state index is 0.245. The standard InChI is InChI=1S/C15H19N3O/c16-8-9-18(14-6-1-2-7-15(14)19)13-5-3-4-12(10-13)11-17/h1-7,10,19H,8-9,11,16-17H2. The molecule has 5 N–H and O–H groups in total. The van der Waals surface area contributed by atoms with Crippen LogP contribution in [0.2, 0.25) is 0 Å². The fourth-order valence-corrected chi connectivity index (χ4v) is 2.06. The number of nitrogens with two attached hydrogens (primary N) is 2. The zero-order valence-electron chi connectivity index (χ0n) is 10.8. The second-order valence-electron chi connectivity index (χ2n) is 4.30. The predicted octanol–water partition coefficient (Wildman–Crippen LogP) is 1.95. The van der Waals surface area contributed by atoms with Crippen molar-refractivity contribution in [2.75, 3.05) is 18.0 Å². The molecule has 0 amide bonds. The SMILES string of the molecule is NCCN(c1cccc(CN)c1)c1ccccc1O. The average Bonchev–Trinajstić information content (AvgIpc) is 2.46. The maximum Gasteiger partial charge on any atom is 0.139 e. The van der Waals surface area contributed by atoms with Gasteiger partial charge in [-0.1, -0.05) is 24.3 Å². The number of aromatic hydroxyl groups is 1. The summed E-state index contributed by atoms with van der Waals surface area (Å²) in [6.45, 7) is 1.62. The van der Waals surface area contributed by atoms with Gasteiger partial charge in [0.15, 0.2) is 0 Å². The van der Waals surface area contributed by atoms with E-state index in [4.69, 9.17) is 11.5 Å². The lowest BCUT2D eigenvalue weighted by molar-refractivity contribution is 0.475. The van der Waals surface area contributed by atoms with Gasteiger partial charge in [0, 0.05) is 25.3 Å². The van der Waals surface area contributed by atoms with Crippen molar-refractivity contribution in [3.8, 4) is 5.75 Å². The highest BCUT2D eigenvalue weighted by atomic mass is 16.3. The molecule has 4 heteroatoms. The van der Waals surface area contributed by atoms with E-state index in [1.54, 1.807) is 12.1 Å². The molecular formula is C15H19N3O. The van der Waals surface area contributed by atoms with Gasteiger partial charge in [-0.3, -0.25) is 0 Å². The largest absolute Gasteiger partial charge is 0.506 e. The first-order valence-corrected chi connectivity index (χ1v) is 6.31. The van der Waals surface area contributed by atoms with E-state index in [9.17, 15) is 5.11 Å². The van der Waals surface area contributed by atoms with Gasteiger partial charge >= 0.3 is 0 Å². The van der Waals surface area contributed by atoms with Crippen LogP contribution in [0.1, 0.15) is 5.56 Å². The third kappa shape index (κ3) is 3.05. The highest BCUT2D eigenvalue weighted by molar-refractivity contribution is 5.69. The zero-order chi connectivity index (χ0) is 13.7. The first-order valence-electron chi connectivity index (χ1n) is 6.31. The summed E-state index contributed by atoms with van der Waals surface area (Å²) in [6, 6.07) is 15.2. The summed E-state index contributed by atoms with van der Waals surface area (Å²) in [6.07, 6.45) is 0. The molecule has 0 atom stereocenters. The van der Waals surface area contributed by atoms with Gasteiger partial charge in [-0.15, -0.1) is 0 Å². The number of rotatable bonds is 5. The van der Waals surface area contributed by atoms with Crippen LogP contribution in [0.15, 0.2) is 48.5 Å². The van der Waals surface area contributed by atoms with Crippen LogP contribution in [0, 0.1) is 0 Å². The van der Waals surface area contributed by atoms with Crippen LogP contribution in [-0.2, 0) is 6.54 Å². The molecule has 0 radical (unpaired) electrons. The van der Waals surface area contributed by atoms with Crippen molar-refractivity contribution in [1.29, 1.82) is 0 Å². The zero-order valence-corrected chi connectivity index (χ0v) is 10.8. The lowest BCUT2D eigenvalue weighted by Gasteiger charge is -2.25. The number of phenols is 1. The summed E-state index contributed by atoms with van der Waals surface area (Å²) in [7, 11) is 0. The van der Waals surface area contributed by atoms with Crippen molar-refractivity contribution in [2.24, 2.45) is 11.5 Å². The molecule has 0 aliphatic rings. The van der Waals surface area contributed by atoms with Gasteiger partial charge < -0.3 is 21.5 Å². The molecule has 100 valence electrons. The van der Waals surface area contributed by atoms with Gasteiger partial charge in [0.2, 0.25) is 0 Å². The molecule has 0 fully saturated rings. The third-order valence-corrected chi connectivity index (χ3v) is 2.98. The number of hydrogen-bond donors (Lipinski definition) is 3. The maximum atomic E-state index is 9.99. The van der Waals surface area contributed by atoms with Crippen LogP contribution in [0.5, 0.6) is 5.75 Å². The van der Waals surface area contributed by atoms with Crippen LogP contribution in [0.4, 0.5) is 11.4 Å². The summed E-state index contributed by atoms with van der Waals surface area (Å²) >= 11 is 0. The molecule has 2 aromatic carbocycles. The van der Waals surface area contributed by atoms with Crippen LogP contribution < -0.4 is 16.4 Å². The molecule has 0 aromatic heterocycles. The maximum absolute atomic E-state index is 9.99. The van der Waals surface area contributed by atoms with E-state index in [0.29, 0.717) is 19.6 Å². The Hall–Kier alpha value is -2.04. The fourth-order valence-electron chi connectivity index (χ4n) is 2.06. The molecular weight excluding hydrogens is 238 g/mol. The van der Waals surface area contributed by atoms with Crippen molar-refractivity contribution in [1.82, 2.24) is 0 Å². The van der Waals surface area contributed by atoms with Crippen molar-refractivity contribution < 1.29 is 5.11 Å². The molecule has 19 heavy (non-hydrogen) atoms. The summed E-state index contributed by atoms with van der Waals surface area (Å²) in [5.74, 6) is 0.245. The van der Waals surface area contributed by atoms with Crippen LogP contribution in [-0.4, -0.2) is 18.2 Å². The quantitative estimate of drug-likeness (QED) is 0.765. The molecule has 0 bridgehead atoms. The number of anilines is 2. The van der Waals surface area contributed by atoms with E-state index >= 15 is 0 Å². The van der Waals surface area contributed by atoms with E-state index in [-0.39, 0.29) is 5.75 Å². The summed E-state index contributed by atoms with van der Waals surface area (Å²) in [5, 5.41) is 9.99. The number of phenolic OH excluding ortho intramolecular Hbond substituents is 1. The van der Waals surface area contributed by atoms with Crippen molar-refractivity contribution in [2.45, 2.75) is 6.54 Å². The van der Waals surface area contributed by atoms with Gasteiger partial charge in [-0.05, 0) is 29.8 Å². The van der Waals surface area contributed by atoms with E-state index in [2.05, 4.69) is 0 Å². The van der Waals surface area contributed by atoms with Crippen molar-refractivity contribution in [3.05, 3.63) is 54.1 Å². The summed E-state index contributed by atoms with van der Waals surface area (Å²) in [5.41, 5.74) is 14.1. The molecule has 0 unspecified atom stereocenters. The minimum absolute atomic E-state index is 0.245. The highest BCUT2D eigenvalue weighted by Gasteiger charge is 2.12. The van der Waals surface area contributed by atoms with Gasteiger partial charge in [-0.25, -0.2) is 0 Å². The smallest absolute Gasteiger partial charge is 0.139 e. The van der Waals surface area contributed by atoms with Gasteiger partial charge in [0.25, 0.3) is 0 Å².